The maximum Gasteiger partial charge on any atom is 0.300 e. The van der Waals surface area contributed by atoms with Crippen LogP contribution in [-0.4, -0.2) is 178 Å². The third-order valence-electron chi connectivity index (χ3n) is 5.18. The van der Waals surface area contributed by atoms with Crippen LogP contribution in [0, 0.1) is 0 Å². The number of carboxylic acids is 2. The molecule has 214 valence electrons. The van der Waals surface area contributed by atoms with Crippen LogP contribution in [0.25, 0.3) is 0 Å². The predicted molar refractivity (Wildman–Crippen MR) is 135 cm³/mol. The van der Waals surface area contributed by atoms with Gasteiger partial charge < -0.3 is 45.1 Å². The van der Waals surface area contributed by atoms with Crippen LogP contribution in [0.15, 0.2) is 0 Å². The van der Waals surface area contributed by atoms with Crippen LogP contribution < -0.4 is 0 Å². The quantitative estimate of drug-likeness (QED) is 0.338. The average Bonchev–Trinajstić information content (AvgIpc) is 2.80. The standard InChI is InChI=1S/2C9H21N3.2C2H4O2.2Mn.H2O/c2*1-10-4-6-11(2)8-9-12(3)7-5-10;2*1-2(3)4;;;/h2*4-9H2,1-3H3;2*1H3,(H,3,4);;;1H2. The van der Waals surface area contributed by atoms with Crippen molar-refractivity contribution < 1.29 is 59.4 Å². The second-order valence-corrected chi connectivity index (χ2v) is 8.86. The summed E-state index contributed by atoms with van der Waals surface area (Å²) in [6, 6.07) is 0. The molecule has 0 spiro atoms. The molecule has 4 N–H and O–H groups in total. The molecule has 2 rings (SSSR count). The fourth-order valence-corrected chi connectivity index (χ4v) is 2.72. The van der Waals surface area contributed by atoms with E-state index in [9.17, 15) is 0 Å². The van der Waals surface area contributed by atoms with E-state index in [0.717, 1.165) is 13.8 Å². The van der Waals surface area contributed by atoms with Crippen molar-refractivity contribution >= 4 is 11.9 Å². The summed E-state index contributed by atoms with van der Waals surface area (Å²) in [5, 5.41) is 14.8. The van der Waals surface area contributed by atoms with Crippen LogP contribution in [0.4, 0.5) is 0 Å². The minimum Gasteiger partial charge on any atom is -0.481 e. The Balaban J connectivity index is -0.000000124. The van der Waals surface area contributed by atoms with Gasteiger partial charge in [-0.3, -0.25) is 9.59 Å². The normalized spacial score (nSPS) is 19.4. The molecule has 0 amide bonds. The summed E-state index contributed by atoms with van der Waals surface area (Å²) in [6.45, 7) is 16.6. The minimum absolute atomic E-state index is 0. The van der Waals surface area contributed by atoms with E-state index in [-0.39, 0.29) is 39.6 Å². The van der Waals surface area contributed by atoms with E-state index < -0.39 is 11.9 Å². The zero-order valence-electron chi connectivity index (χ0n) is 23.1. The van der Waals surface area contributed by atoms with E-state index >= 15 is 0 Å². The van der Waals surface area contributed by atoms with Gasteiger partial charge in [-0.05, 0) is 42.3 Å². The van der Waals surface area contributed by atoms with E-state index in [1.165, 1.54) is 78.5 Å². The van der Waals surface area contributed by atoms with Gasteiger partial charge in [0.25, 0.3) is 11.9 Å². The molecule has 2 saturated heterocycles. The molecular formula is C22H52Mn2N6O5. The number of aliphatic carboxylic acids is 2. The number of nitrogens with zero attached hydrogens (tertiary/aromatic N) is 6. The summed E-state index contributed by atoms with van der Waals surface area (Å²) in [6.07, 6.45) is 0. The molecule has 2 fully saturated rings. The fraction of sp³-hybridized carbons (Fsp3) is 0.909. The molecular weight excluding hydrogens is 538 g/mol. The third kappa shape index (κ3) is 38.4. The van der Waals surface area contributed by atoms with E-state index in [2.05, 4.69) is 71.7 Å². The van der Waals surface area contributed by atoms with Gasteiger partial charge >= 0.3 is 0 Å². The molecule has 2 heterocycles. The van der Waals surface area contributed by atoms with Gasteiger partial charge in [0, 0.05) is 127 Å². The van der Waals surface area contributed by atoms with Gasteiger partial charge in [0.05, 0.1) is 0 Å². The molecule has 0 aromatic heterocycles. The van der Waals surface area contributed by atoms with Gasteiger partial charge in [-0.25, -0.2) is 0 Å². The largest absolute Gasteiger partial charge is 0.481 e. The SMILES string of the molecule is CC(=O)O.CC(=O)O.CN1CCN(C)CCN(C)CC1.CN1CCN(C)CCN(C)CC1.O.[Mn].[Mn]. The summed E-state index contributed by atoms with van der Waals surface area (Å²) in [4.78, 5) is 32.4. The van der Waals surface area contributed by atoms with Crippen molar-refractivity contribution in [3.05, 3.63) is 0 Å². The molecule has 0 unspecified atom stereocenters. The van der Waals surface area contributed by atoms with Crippen molar-refractivity contribution in [1.82, 2.24) is 29.4 Å². The average molecular weight is 591 g/mol. The first kappa shape index (κ1) is 44.7. The first-order valence-corrected chi connectivity index (χ1v) is 11.3. The molecule has 2 aliphatic heterocycles. The van der Waals surface area contributed by atoms with Gasteiger partial charge in [0.15, 0.2) is 0 Å². The molecule has 2 aliphatic rings. The van der Waals surface area contributed by atoms with Crippen LogP contribution in [0.3, 0.4) is 0 Å². The van der Waals surface area contributed by atoms with Crippen molar-refractivity contribution in [2.24, 2.45) is 0 Å². The Morgan fingerprint density at radius 2 is 0.486 bits per heavy atom. The van der Waals surface area contributed by atoms with E-state index in [0.29, 0.717) is 0 Å². The monoisotopic (exact) mass is 590 g/mol. The van der Waals surface area contributed by atoms with E-state index in [4.69, 9.17) is 19.8 Å². The summed E-state index contributed by atoms with van der Waals surface area (Å²) in [7, 11) is 13.2. The summed E-state index contributed by atoms with van der Waals surface area (Å²) < 4.78 is 0. The topological polar surface area (TPSA) is 126 Å². The van der Waals surface area contributed by atoms with Gasteiger partial charge in [-0.1, -0.05) is 0 Å². The van der Waals surface area contributed by atoms with E-state index in [1.54, 1.807) is 0 Å². The summed E-state index contributed by atoms with van der Waals surface area (Å²) in [5.41, 5.74) is 0. The molecule has 35 heavy (non-hydrogen) atoms. The first-order chi connectivity index (χ1) is 14.8. The molecule has 0 aromatic carbocycles. The Bertz CT molecular complexity index is 376. The molecule has 2 radical (unpaired) electrons. The maximum absolute atomic E-state index is 9.00. The van der Waals surface area contributed by atoms with Crippen molar-refractivity contribution in [2.75, 3.05) is 121 Å². The molecule has 0 atom stereocenters. The molecule has 0 aromatic rings. The Hall–Kier alpha value is -0.301. The second kappa shape index (κ2) is 28.3. The van der Waals surface area contributed by atoms with Gasteiger partial charge in [-0.2, -0.15) is 0 Å². The maximum atomic E-state index is 9.00. The molecule has 0 bridgehead atoms. The smallest absolute Gasteiger partial charge is 0.300 e. The van der Waals surface area contributed by atoms with Crippen LogP contribution >= 0.6 is 0 Å². The molecule has 0 aliphatic carbocycles. The van der Waals surface area contributed by atoms with E-state index in [1.807, 2.05) is 0 Å². The molecule has 11 nitrogen and oxygen atoms in total. The number of hydrogen-bond donors (Lipinski definition) is 2. The van der Waals surface area contributed by atoms with Crippen molar-refractivity contribution in [2.45, 2.75) is 13.8 Å². The minimum atomic E-state index is -0.833. The third-order valence-corrected chi connectivity index (χ3v) is 5.18. The number of hydrogen-bond acceptors (Lipinski definition) is 8. The van der Waals surface area contributed by atoms with Crippen LogP contribution in [0.1, 0.15) is 13.8 Å². The zero-order chi connectivity index (χ0) is 25.1. The van der Waals surface area contributed by atoms with Gasteiger partial charge in [-0.15, -0.1) is 0 Å². The second-order valence-electron chi connectivity index (χ2n) is 8.86. The Kier molecular flexibility index (Phi) is 36.1. The first-order valence-electron chi connectivity index (χ1n) is 11.3. The number of rotatable bonds is 0. The predicted octanol–water partition coefficient (Wildman–Crippen LogP) is -1.06. The van der Waals surface area contributed by atoms with Gasteiger partial charge in [0.1, 0.15) is 0 Å². The fourth-order valence-electron chi connectivity index (χ4n) is 2.72. The molecule has 0 saturated carbocycles. The number of carbonyl (C=O) groups is 2. The summed E-state index contributed by atoms with van der Waals surface area (Å²) >= 11 is 0. The summed E-state index contributed by atoms with van der Waals surface area (Å²) in [5.74, 6) is -1.67. The molecule has 13 heteroatoms. The van der Waals surface area contributed by atoms with Crippen LogP contribution in [-0.2, 0) is 43.7 Å². The van der Waals surface area contributed by atoms with Crippen LogP contribution in [0.5, 0.6) is 0 Å². The van der Waals surface area contributed by atoms with Crippen molar-refractivity contribution in [3.63, 3.8) is 0 Å². The van der Waals surface area contributed by atoms with Crippen molar-refractivity contribution in [3.8, 4) is 0 Å². The van der Waals surface area contributed by atoms with Crippen LogP contribution in [0.2, 0.25) is 0 Å². The Morgan fingerprint density at radius 3 is 0.543 bits per heavy atom. The zero-order valence-corrected chi connectivity index (χ0v) is 25.5. The Morgan fingerprint density at radius 1 is 0.429 bits per heavy atom. The number of likely N-dealkylation sites (N-methyl/N-ethyl adjacent to an activating group) is 6. The van der Waals surface area contributed by atoms with Gasteiger partial charge in [0.2, 0.25) is 0 Å². The number of carboxylic acid groups (broad SMARTS) is 2. The Labute approximate surface area is 235 Å². The van der Waals surface area contributed by atoms with Crippen molar-refractivity contribution in [1.29, 1.82) is 0 Å².